The molecule has 0 amide bonds. The van der Waals surface area contributed by atoms with Crippen LogP contribution in [0.4, 0.5) is 11.5 Å². The second-order valence-corrected chi connectivity index (χ2v) is 4.02. The Morgan fingerprint density at radius 1 is 1.40 bits per heavy atom. The van der Waals surface area contributed by atoms with E-state index in [0.717, 1.165) is 5.56 Å². The van der Waals surface area contributed by atoms with Crippen molar-refractivity contribution in [1.29, 1.82) is 0 Å². The third-order valence-electron chi connectivity index (χ3n) is 2.65. The van der Waals surface area contributed by atoms with Crippen LogP contribution in [0, 0.1) is 0 Å². The van der Waals surface area contributed by atoms with Crippen molar-refractivity contribution in [1.82, 2.24) is 9.97 Å². The fraction of sp³-hybridized carbons (Fsp3) is 0.154. The summed E-state index contributed by atoms with van der Waals surface area (Å²) in [5.74, 6) is -0.112. The molecule has 20 heavy (non-hydrogen) atoms. The van der Waals surface area contributed by atoms with Crippen molar-refractivity contribution in [3.05, 3.63) is 41.7 Å². The number of nitrogens with one attached hydrogen (secondary N) is 1. The van der Waals surface area contributed by atoms with Crippen LogP contribution in [-0.2, 0) is 6.54 Å². The van der Waals surface area contributed by atoms with Gasteiger partial charge in [0.15, 0.2) is 0 Å². The second kappa shape index (κ2) is 5.87. The number of carbonyl (C=O) groups is 1. The summed E-state index contributed by atoms with van der Waals surface area (Å²) in [5.41, 5.74) is 6.61. The lowest BCUT2D eigenvalue weighted by Crippen LogP contribution is -2.07. The Labute approximate surface area is 115 Å². The minimum absolute atomic E-state index is 0.0235. The SMILES string of the molecule is COc1ccc(CNc2cc(C(=O)O)c(N)cn2)cn1. The number of carboxylic acids is 1. The molecule has 0 fully saturated rings. The number of nitrogen functional groups attached to an aromatic ring is 1. The van der Waals surface area contributed by atoms with E-state index in [9.17, 15) is 4.79 Å². The summed E-state index contributed by atoms with van der Waals surface area (Å²) in [7, 11) is 1.55. The maximum atomic E-state index is 11.0. The Kier molecular flexibility index (Phi) is 3.99. The van der Waals surface area contributed by atoms with Gasteiger partial charge in [-0.15, -0.1) is 0 Å². The van der Waals surface area contributed by atoms with Crippen molar-refractivity contribution in [2.24, 2.45) is 0 Å². The Morgan fingerprint density at radius 2 is 2.20 bits per heavy atom. The number of hydrogen-bond donors (Lipinski definition) is 3. The van der Waals surface area contributed by atoms with E-state index in [0.29, 0.717) is 18.2 Å². The Balaban J connectivity index is 2.06. The molecule has 2 rings (SSSR count). The zero-order valence-corrected chi connectivity index (χ0v) is 10.8. The van der Waals surface area contributed by atoms with E-state index in [2.05, 4.69) is 15.3 Å². The molecule has 0 unspecified atom stereocenters. The first-order chi connectivity index (χ1) is 9.60. The summed E-state index contributed by atoms with van der Waals surface area (Å²) < 4.78 is 4.96. The molecule has 7 heteroatoms. The van der Waals surface area contributed by atoms with Crippen LogP contribution in [0.1, 0.15) is 15.9 Å². The van der Waals surface area contributed by atoms with Gasteiger partial charge in [-0.3, -0.25) is 0 Å². The summed E-state index contributed by atoms with van der Waals surface area (Å²) in [6.07, 6.45) is 2.99. The second-order valence-electron chi connectivity index (χ2n) is 4.02. The third kappa shape index (κ3) is 3.14. The summed E-state index contributed by atoms with van der Waals surface area (Å²) in [6, 6.07) is 5.00. The quantitative estimate of drug-likeness (QED) is 0.755. The lowest BCUT2D eigenvalue weighted by atomic mass is 10.2. The van der Waals surface area contributed by atoms with Crippen molar-refractivity contribution in [3.8, 4) is 5.88 Å². The van der Waals surface area contributed by atoms with E-state index < -0.39 is 5.97 Å². The van der Waals surface area contributed by atoms with E-state index >= 15 is 0 Å². The number of aromatic carboxylic acids is 1. The Morgan fingerprint density at radius 3 is 2.80 bits per heavy atom. The van der Waals surface area contributed by atoms with E-state index in [-0.39, 0.29) is 11.3 Å². The average molecular weight is 274 g/mol. The van der Waals surface area contributed by atoms with Crippen LogP contribution in [0.5, 0.6) is 5.88 Å². The lowest BCUT2D eigenvalue weighted by molar-refractivity contribution is 0.0698. The first-order valence-corrected chi connectivity index (χ1v) is 5.81. The monoisotopic (exact) mass is 274 g/mol. The Bertz CT molecular complexity index is 614. The van der Waals surface area contributed by atoms with Gasteiger partial charge in [-0.1, -0.05) is 6.07 Å². The smallest absolute Gasteiger partial charge is 0.337 e. The number of methoxy groups -OCH3 is 1. The largest absolute Gasteiger partial charge is 0.481 e. The first kappa shape index (κ1) is 13.6. The maximum Gasteiger partial charge on any atom is 0.337 e. The van der Waals surface area contributed by atoms with Crippen LogP contribution in [0.3, 0.4) is 0 Å². The topological polar surface area (TPSA) is 110 Å². The Hall–Kier alpha value is -2.83. The number of carboxylic acid groups (broad SMARTS) is 1. The van der Waals surface area contributed by atoms with Crippen molar-refractivity contribution in [2.45, 2.75) is 6.54 Å². The van der Waals surface area contributed by atoms with Crippen LogP contribution in [0.2, 0.25) is 0 Å². The van der Waals surface area contributed by atoms with Crippen molar-refractivity contribution in [2.75, 3.05) is 18.2 Å². The number of rotatable bonds is 5. The molecule has 0 aliphatic heterocycles. The highest BCUT2D eigenvalue weighted by atomic mass is 16.5. The molecular formula is C13H14N4O3. The predicted octanol–water partition coefficient (Wildman–Crippen LogP) is 1.38. The molecule has 2 aromatic heterocycles. The minimum Gasteiger partial charge on any atom is -0.481 e. The van der Waals surface area contributed by atoms with Gasteiger partial charge in [0.2, 0.25) is 5.88 Å². The minimum atomic E-state index is -1.08. The van der Waals surface area contributed by atoms with Crippen LogP contribution < -0.4 is 15.8 Å². The standard InChI is InChI=1S/C13H14N4O3/c1-20-12-3-2-8(6-17-12)5-15-11-4-9(13(18)19)10(14)7-16-11/h2-4,6-7H,5,14H2,1H3,(H,15,16)(H,18,19). The third-order valence-corrected chi connectivity index (χ3v) is 2.65. The van der Waals surface area contributed by atoms with Gasteiger partial charge in [0.05, 0.1) is 24.6 Å². The van der Waals surface area contributed by atoms with Gasteiger partial charge < -0.3 is 20.9 Å². The predicted molar refractivity (Wildman–Crippen MR) is 73.7 cm³/mol. The maximum absolute atomic E-state index is 11.0. The molecule has 0 aliphatic carbocycles. The van der Waals surface area contributed by atoms with E-state index in [1.807, 2.05) is 6.07 Å². The first-order valence-electron chi connectivity index (χ1n) is 5.81. The number of ether oxygens (including phenoxy) is 1. The zero-order valence-electron chi connectivity index (χ0n) is 10.8. The molecule has 0 spiro atoms. The van der Waals surface area contributed by atoms with Gasteiger partial charge in [0.1, 0.15) is 5.82 Å². The lowest BCUT2D eigenvalue weighted by Gasteiger charge is -2.08. The van der Waals surface area contributed by atoms with Crippen LogP contribution in [0.15, 0.2) is 30.6 Å². The van der Waals surface area contributed by atoms with E-state index in [4.69, 9.17) is 15.6 Å². The van der Waals surface area contributed by atoms with Gasteiger partial charge in [0.25, 0.3) is 0 Å². The van der Waals surface area contributed by atoms with Gasteiger partial charge in [0, 0.05) is 18.8 Å². The number of nitrogens with two attached hydrogens (primary N) is 1. The summed E-state index contributed by atoms with van der Waals surface area (Å²) in [5, 5.41) is 12.0. The molecule has 0 aromatic carbocycles. The van der Waals surface area contributed by atoms with Gasteiger partial charge in [-0.2, -0.15) is 0 Å². The molecule has 0 aliphatic rings. The average Bonchev–Trinajstić information content (AvgIpc) is 2.46. The normalized spacial score (nSPS) is 10.1. The number of nitrogens with zero attached hydrogens (tertiary/aromatic N) is 2. The fourth-order valence-electron chi connectivity index (χ4n) is 1.58. The molecule has 4 N–H and O–H groups in total. The van der Waals surface area contributed by atoms with Crippen LogP contribution >= 0.6 is 0 Å². The van der Waals surface area contributed by atoms with Gasteiger partial charge in [-0.05, 0) is 11.6 Å². The molecule has 2 heterocycles. The molecule has 0 saturated carbocycles. The van der Waals surface area contributed by atoms with Crippen LogP contribution in [0.25, 0.3) is 0 Å². The van der Waals surface area contributed by atoms with E-state index in [1.165, 1.54) is 12.3 Å². The fourth-order valence-corrected chi connectivity index (χ4v) is 1.58. The molecule has 0 bridgehead atoms. The highest BCUT2D eigenvalue weighted by molar-refractivity contribution is 5.94. The van der Waals surface area contributed by atoms with E-state index in [1.54, 1.807) is 19.4 Å². The zero-order chi connectivity index (χ0) is 14.5. The highest BCUT2D eigenvalue weighted by Crippen LogP contribution is 2.15. The number of aromatic nitrogens is 2. The molecule has 7 nitrogen and oxygen atoms in total. The molecule has 104 valence electrons. The molecule has 0 atom stereocenters. The number of pyridine rings is 2. The number of anilines is 2. The number of hydrogen-bond acceptors (Lipinski definition) is 6. The summed E-state index contributed by atoms with van der Waals surface area (Å²) >= 11 is 0. The summed E-state index contributed by atoms with van der Waals surface area (Å²) in [6.45, 7) is 0.465. The van der Waals surface area contributed by atoms with Gasteiger partial charge in [-0.25, -0.2) is 14.8 Å². The highest BCUT2D eigenvalue weighted by Gasteiger charge is 2.09. The summed E-state index contributed by atoms with van der Waals surface area (Å²) in [4.78, 5) is 19.1. The molecule has 0 saturated heterocycles. The molecule has 2 aromatic rings. The molecule has 0 radical (unpaired) electrons. The van der Waals surface area contributed by atoms with Crippen LogP contribution in [-0.4, -0.2) is 28.2 Å². The van der Waals surface area contributed by atoms with Crippen molar-refractivity contribution < 1.29 is 14.6 Å². The van der Waals surface area contributed by atoms with Crippen molar-refractivity contribution in [3.63, 3.8) is 0 Å². The molecular weight excluding hydrogens is 260 g/mol. The van der Waals surface area contributed by atoms with Gasteiger partial charge >= 0.3 is 5.97 Å². The van der Waals surface area contributed by atoms with Crippen molar-refractivity contribution >= 4 is 17.5 Å².